The van der Waals surface area contributed by atoms with E-state index in [1.54, 1.807) is 6.92 Å². The molecule has 1 N–H and O–H groups in total. The van der Waals surface area contributed by atoms with Gasteiger partial charge in [-0.25, -0.2) is 21.5 Å². The SMILES string of the molecule is CCS(=O)(=O)N1CCC(NCc2cc(F)ccc2F)CC1. The van der Waals surface area contributed by atoms with E-state index in [0.717, 1.165) is 12.1 Å². The first-order valence-corrected chi connectivity index (χ1v) is 8.68. The van der Waals surface area contributed by atoms with Crippen molar-refractivity contribution in [2.45, 2.75) is 32.4 Å². The number of benzene rings is 1. The standard InChI is InChI=1S/C14H20F2N2O2S/c1-2-21(19,20)18-7-5-13(6-8-18)17-10-11-9-12(15)3-4-14(11)16/h3-4,9,13,17H,2,5-8,10H2,1H3. The van der Waals surface area contributed by atoms with E-state index in [2.05, 4.69) is 5.32 Å². The average Bonchev–Trinajstić information content (AvgIpc) is 2.48. The number of hydrogen-bond donors (Lipinski definition) is 1. The van der Waals surface area contributed by atoms with E-state index in [0.29, 0.717) is 31.5 Å². The highest BCUT2D eigenvalue weighted by atomic mass is 32.2. The van der Waals surface area contributed by atoms with Crippen molar-refractivity contribution in [1.82, 2.24) is 9.62 Å². The predicted octanol–water partition coefficient (Wildman–Crippen LogP) is 1.87. The summed E-state index contributed by atoms with van der Waals surface area (Å²) >= 11 is 0. The first-order valence-electron chi connectivity index (χ1n) is 7.07. The lowest BCUT2D eigenvalue weighted by molar-refractivity contribution is 0.288. The van der Waals surface area contributed by atoms with E-state index >= 15 is 0 Å². The van der Waals surface area contributed by atoms with Crippen LogP contribution in [0.2, 0.25) is 0 Å². The number of halogens is 2. The minimum Gasteiger partial charge on any atom is -0.310 e. The lowest BCUT2D eigenvalue weighted by Gasteiger charge is -2.31. The van der Waals surface area contributed by atoms with Gasteiger partial charge in [-0.15, -0.1) is 0 Å². The Morgan fingerprint density at radius 1 is 1.29 bits per heavy atom. The van der Waals surface area contributed by atoms with Gasteiger partial charge in [-0.2, -0.15) is 0 Å². The van der Waals surface area contributed by atoms with Crippen LogP contribution in [0, 0.1) is 11.6 Å². The highest BCUT2D eigenvalue weighted by molar-refractivity contribution is 7.89. The van der Waals surface area contributed by atoms with Crippen LogP contribution >= 0.6 is 0 Å². The molecule has 1 aromatic carbocycles. The van der Waals surface area contributed by atoms with Crippen molar-refractivity contribution in [2.24, 2.45) is 0 Å². The zero-order valence-electron chi connectivity index (χ0n) is 12.0. The molecule has 0 aromatic heterocycles. The molecular formula is C14H20F2N2O2S. The van der Waals surface area contributed by atoms with Crippen LogP contribution in [0.3, 0.4) is 0 Å². The van der Waals surface area contributed by atoms with Gasteiger partial charge in [-0.3, -0.25) is 0 Å². The zero-order chi connectivity index (χ0) is 15.5. The van der Waals surface area contributed by atoms with Gasteiger partial charge in [-0.1, -0.05) is 0 Å². The van der Waals surface area contributed by atoms with Crippen molar-refractivity contribution >= 4 is 10.0 Å². The molecule has 118 valence electrons. The molecular weight excluding hydrogens is 298 g/mol. The fourth-order valence-electron chi connectivity index (χ4n) is 2.45. The van der Waals surface area contributed by atoms with Crippen molar-refractivity contribution < 1.29 is 17.2 Å². The predicted molar refractivity (Wildman–Crippen MR) is 77.3 cm³/mol. The third kappa shape index (κ3) is 4.21. The zero-order valence-corrected chi connectivity index (χ0v) is 12.8. The third-order valence-corrected chi connectivity index (χ3v) is 5.68. The highest BCUT2D eigenvalue weighted by Gasteiger charge is 2.26. The van der Waals surface area contributed by atoms with Crippen molar-refractivity contribution in [2.75, 3.05) is 18.8 Å². The Morgan fingerprint density at radius 3 is 2.57 bits per heavy atom. The molecule has 1 saturated heterocycles. The van der Waals surface area contributed by atoms with Gasteiger partial charge in [0.05, 0.1) is 5.75 Å². The van der Waals surface area contributed by atoms with Crippen LogP contribution in [0.15, 0.2) is 18.2 Å². The van der Waals surface area contributed by atoms with Crippen LogP contribution in [0.4, 0.5) is 8.78 Å². The molecule has 0 atom stereocenters. The summed E-state index contributed by atoms with van der Waals surface area (Å²) in [6.07, 6.45) is 1.35. The monoisotopic (exact) mass is 318 g/mol. The molecule has 0 unspecified atom stereocenters. The normalized spacial score (nSPS) is 18.0. The van der Waals surface area contributed by atoms with Crippen molar-refractivity contribution in [3.8, 4) is 0 Å². The largest absolute Gasteiger partial charge is 0.310 e. The summed E-state index contributed by atoms with van der Waals surface area (Å²) < 4.78 is 51.5. The Balaban J connectivity index is 1.86. The molecule has 1 aliphatic rings. The Bertz CT molecular complexity index is 585. The summed E-state index contributed by atoms with van der Waals surface area (Å²) in [6.45, 7) is 2.82. The van der Waals surface area contributed by atoms with Crippen LogP contribution in [-0.2, 0) is 16.6 Å². The third-order valence-electron chi connectivity index (χ3n) is 3.80. The molecule has 4 nitrogen and oxygen atoms in total. The summed E-state index contributed by atoms with van der Waals surface area (Å²) in [5, 5.41) is 3.17. The Kier molecular flexibility index (Phi) is 5.29. The Hall–Kier alpha value is -1.05. The van der Waals surface area contributed by atoms with E-state index in [1.165, 1.54) is 10.4 Å². The van der Waals surface area contributed by atoms with Gasteiger partial charge in [0.1, 0.15) is 11.6 Å². The number of sulfonamides is 1. The van der Waals surface area contributed by atoms with Crippen molar-refractivity contribution in [3.63, 3.8) is 0 Å². The number of rotatable bonds is 5. The lowest BCUT2D eigenvalue weighted by Crippen LogP contribution is -2.45. The second-order valence-corrected chi connectivity index (χ2v) is 7.45. The van der Waals surface area contributed by atoms with E-state index in [9.17, 15) is 17.2 Å². The van der Waals surface area contributed by atoms with Crippen molar-refractivity contribution in [3.05, 3.63) is 35.4 Å². The van der Waals surface area contributed by atoms with Gasteiger partial charge in [0, 0.05) is 31.2 Å². The van der Waals surface area contributed by atoms with E-state index in [1.807, 2.05) is 0 Å². The van der Waals surface area contributed by atoms with Gasteiger partial charge < -0.3 is 5.32 Å². The maximum atomic E-state index is 13.5. The van der Waals surface area contributed by atoms with Gasteiger partial charge in [0.15, 0.2) is 0 Å². The first-order chi connectivity index (χ1) is 9.92. The quantitative estimate of drug-likeness (QED) is 0.902. The second-order valence-electron chi connectivity index (χ2n) is 5.19. The molecule has 2 rings (SSSR count). The molecule has 1 aliphatic heterocycles. The van der Waals surface area contributed by atoms with Crippen LogP contribution < -0.4 is 5.32 Å². The molecule has 1 heterocycles. The molecule has 0 aliphatic carbocycles. The highest BCUT2D eigenvalue weighted by Crippen LogP contribution is 2.16. The first kappa shape index (κ1) is 16.3. The minimum atomic E-state index is -3.13. The van der Waals surface area contributed by atoms with Crippen molar-refractivity contribution in [1.29, 1.82) is 0 Å². The lowest BCUT2D eigenvalue weighted by atomic mass is 10.1. The molecule has 7 heteroatoms. The smallest absolute Gasteiger partial charge is 0.213 e. The number of nitrogens with one attached hydrogen (secondary N) is 1. The molecule has 21 heavy (non-hydrogen) atoms. The van der Waals surface area contributed by atoms with Crippen LogP contribution in [-0.4, -0.2) is 37.6 Å². The molecule has 0 bridgehead atoms. The Morgan fingerprint density at radius 2 is 1.95 bits per heavy atom. The van der Waals surface area contributed by atoms with E-state index in [4.69, 9.17) is 0 Å². The fourth-order valence-corrected chi connectivity index (χ4v) is 3.59. The van der Waals surface area contributed by atoms with Crippen LogP contribution in [0.25, 0.3) is 0 Å². The molecule has 1 fully saturated rings. The fraction of sp³-hybridized carbons (Fsp3) is 0.571. The van der Waals surface area contributed by atoms with Gasteiger partial charge in [0.25, 0.3) is 0 Å². The van der Waals surface area contributed by atoms with Crippen LogP contribution in [0.5, 0.6) is 0 Å². The average molecular weight is 318 g/mol. The van der Waals surface area contributed by atoms with Crippen LogP contribution in [0.1, 0.15) is 25.3 Å². The number of hydrogen-bond acceptors (Lipinski definition) is 3. The van der Waals surface area contributed by atoms with Gasteiger partial charge in [-0.05, 0) is 38.0 Å². The molecule has 1 aromatic rings. The van der Waals surface area contributed by atoms with Gasteiger partial charge in [0.2, 0.25) is 10.0 Å². The Labute approximate surface area is 124 Å². The molecule has 0 saturated carbocycles. The van der Waals surface area contributed by atoms with E-state index in [-0.39, 0.29) is 18.3 Å². The molecule has 0 radical (unpaired) electrons. The topological polar surface area (TPSA) is 49.4 Å². The summed E-state index contributed by atoms with van der Waals surface area (Å²) in [6, 6.07) is 3.50. The van der Waals surface area contributed by atoms with Gasteiger partial charge >= 0.3 is 0 Å². The summed E-state index contributed by atoms with van der Waals surface area (Å²) in [5.41, 5.74) is 0.290. The second kappa shape index (κ2) is 6.81. The minimum absolute atomic E-state index is 0.111. The number of piperidine rings is 1. The van der Waals surface area contributed by atoms with E-state index < -0.39 is 21.7 Å². The molecule has 0 amide bonds. The molecule has 0 spiro atoms. The maximum Gasteiger partial charge on any atom is 0.213 e. The number of nitrogens with zero attached hydrogens (tertiary/aromatic N) is 1. The summed E-state index contributed by atoms with van der Waals surface area (Å²) in [5.74, 6) is -0.786. The summed E-state index contributed by atoms with van der Waals surface area (Å²) in [4.78, 5) is 0. The summed E-state index contributed by atoms with van der Waals surface area (Å²) in [7, 11) is -3.13. The maximum absolute atomic E-state index is 13.5.